The third kappa shape index (κ3) is 1.80. The predicted octanol–water partition coefficient (Wildman–Crippen LogP) is 3.12. The van der Waals surface area contributed by atoms with Gasteiger partial charge >= 0.3 is 0 Å². The molecule has 2 aliphatic rings. The molecule has 15 heavy (non-hydrogen) atoms. The molecule has 0 N–H and O–H groups in total. The fraction of sp³-hybridized carbons (Fsp3) is 0.833. The van der Waals surface area contributed by atoms with E-state index in [-0.39, 0.29) is 0 Å². The topological polar surface area (TPSA) is 30.7 Å². The molecule has 0 aliphatic heterocycles. The van der Waals surface area contributed by atoms with Crippen molar-refractivity contribution in [2.75, 3.05) is 0 Å². The average molecular weight is 207 g/mol. The number of hydrogen-bond donors (Lipinski definition) is 0. The largest absolute Gasteiger partial charge is 0.250 e. The molecule has 1 heterocycles. The van der Waals surface area contributed by atoms with Crippen LogP contribution in [0.1, 0.15) is 57.8 Å². The van der Waals surface area contributed by atoms with Crippen molar-refractivity contribution in [3.63, 3.8) is 0 Å². The van der Waals surface area contributed by atoms with E-state index in [0.717, 1.165) is 11.2 Å². The molecule has 3 nitrogen and oxygen atoms in total. The SMILES string of the molecule is CC.Cc1ncn(C2CC3(CCC3)C2)n1. The van der Waals surface area contributed by atoms with Gasteiger partial charge in [0.25, 0.3) is 0 Å². The van der Waals surface area contributed by atoms with Crippen LogP contribution < -0.4 is 0 Å². The summed E-state index contributed by atoms with van der Waals surface area (Å²) in [4.78, 5) is 4.16. The van der Waals surface area contributed by atoms with Crippen molar-refractivity contribution >= 4 is 0 Å². The van der Waals surface area contributed by atoms with E-state index in [1.54, 1.807) is 0 Å². The molecule has 3 rings (SSSR count). The Morgan fingerprint density at radius 1 is 1.33 bits per heavy atom. The summed E-state index contributed by atoms with van der Waals surface area (Å²) in [5.41, 5.74) is 0.741. The minimum Gasteiger partial charge on any atom is -0.250 e. The van der Waals surface area contributed by atoms with E-state index < -0.39 is 0 Å². The van der Waals surface area contributed by atoms with Gasteiger partial charge < -0.3 is 0 Å². The van der Waals surface area contributed by atoms with Crippen LogP contribution >= 0.6 is 0 Å². The van der Waals surface area contributed by atoms with Crippen LogP contribution in [0.25, 0.3) is 0 Å². The lowest BCUT2D eigenvalue weighted by Gasteiger charge is -2.53. The molecule has 2 aliphatic carbocycles. The first-order valence-electron chi connectivity index (χ1n) is 6.15. The first-order valence-corrected chi connectivity index (χ1v) is 6.15. The van der Waals surface area contributed by atoms with Crippen molar-refractivity contribution in [3.8, 4) is 0 Å². The monoisotopic (exact) mass is 207 g/mol. The van der Waals surface area contributed by atoms with Crippen molar-refractivity contribution < 1.29 is 0 Å². The number of nitrogens with zero attached hydrogens (tertiary/aromatic N) is 3. The van der Waals surface area contributed by atoms with E-state index in [1.165, 1.54) is 32.1 Å². The molecule has 1 aromatic heterocycles. The molecule has 0 bridgehead atoms. The summed E-state index contributed by atoms with van der Waals surface area (Å²) in [5, 5.41) is 4.36. The fourth-order valence-corrected chi connectivity index (χ4v) is 2.75. The predicted molar refractivity (Wildman–Crippen MR) is 60.7 cm³/mol. The minimum absolute atomic E-state index is 0.654. The van der Waals surface area contributed by atoms with Crippen LogP contribution in [0, 0.1) is 12.3 Å². The van der Waals surface area contributed by atoms with Crippen LogP contribution in [0.2, 0.25) is 0 Å². The van der Waals surface area contributed by atoms with Crippen molar-refractivity contribution in [2.45, 2.75) is 58.9 Å². The summed E-state index contributed by atoms with van der Waals surface area (Å²) in [6.07, 6.45) is 8.93. The Labute approximate surface area is 91.9 Å². The molecule has 0 atom stereocenters. The summed E-state index contributed by atoms with van der Waals surface area (Å²) < 4.78 is 2.05. The molecular formula is C12H21N3. The molecule has 84 valence electrons. The molecule has 0 amide bonds. The molecular weight excluding hydrogens is 186 g/mol. The van der Waals surface area contributed by atoms with Crippen LogP contribution in [0.4, 0.5) is 0 Å². The van der Waals surface area contributed by atoms with Crippen molar-refractivity contribution in [1.29, 1.82) is 0 Å². The molecule has 1 spiro atoms. The average Bonchev–Trinajstić information content (AvgIpc) is 2.51. The number of rotatable bonds is 1. The van der Waals surface area contributed by atoms with Gasteiger partial charge in [0.05, 0.1) is 6.04 Å². The van der Waals surface area contributed by atoms with Gasteiger partial charge in [-0.25, -0.2) is 9.67 Å². The highest BCUT2D eigenvalue weighted by Gasteiger charge is 2.49. The maximum atomic E-state index is 4.36. The van der Waals surface area contributed by atoms with Gasteiger partial charge in [-0.05, 0) is 38.0 Å². The van der Waals surface area contributed by atoms with Crippen molar-refractivity contribution in [2.24, 2.45) is 5.41 Å². The van der Waals surface area contributed by atoms with Crippen molar-refractivity contribution in [1.82, 2.24) is 14.8 Å². The van der Waals surface area contributed by atoms with Crippen LogP contribution in [0.5, 0.6) is 0 Å². The highest BCUT2D eigenvalue weighted by Crippen LogP contribution is 2.60. The summed E-state index contributed by atoms with van der Waals surface area (Å²) in [6.45, 7) is 5.95. The maximum Gasteiger partial charge on any atom is 0.147 e. The molecule has 2 saturated carbocycles. The Kier molecular flexibility index (Phi) is 2.81. The highest BCUT2D eigenvalue weighted by atomic mass is 15.3. The van der Waals surface area contributed by atoms with E-state index in [4.69, 9.17) is 0 Å². The Morgan fingerprint density at radius 3 is 2.40 bits per heavy atom. The number of aryl methyl sites for hydroxylation is 1. The van der Waals surface area contributed by atoms with Gasteiger partial charge in [0.15, 0.2) is 0 Å². The summed E-state index contributed by atoms with van der Waals surface area (Å²) in [6, 6.07) is 0.654. The zero-order chi connectivity index (χ0) is 10.9. The van der Waals surface area contributed by atoms with Crippen LogP contribution in [0.3, 0.4) is 0 Å². The normalized spacial score (nSPS) is 22.6. The molecule has 0 unspecified atom stereocenters. The van der Waals surface area contributed by atoms with Gasteiger partial charge in [-0.3, -0.25) is 0 Å². The fourth-order valence-electron chi connectivity index (χ4n) is 2.75. The van der Waals surface area contributed by atoms with E-state index in [2.05, 4.69) is 14.8 Å². The van der Waals surface area contributed by atoms with Crippen LogP contribution in [-0.4, -0.2) is 14.8 Å². The van der Waals surface area contributed by atoms with Gasteiger partial charge in [-0.2, -0.15) is 5.10 Å². The van der Waals surface area contributed by atoms with Gasteiger partial charge in [0.2, 0.25) is 0 Å². The minimum atomic E-state index is 0.654. The van der Waals surface area contributed by atoms with Gasteiger partial charge in [0, 0.05) is 0 Å². The lowest BCUT2D eigenvalue weighted by Crippen LogP contribution is -2.43. The Morgan fingerprint density at radius 2 is 2.00 bits per heavy atom. The maximum absolute atomic E-state index is 4.36. The summed E-state index contributed by atoms with van der Waals surface area (Å²) in [7, 11) is 0. The standard InChI is InChI=1S/C10H15N3.C2H6/c1-8-11-7-13(12-8)9-5-10(6-9)3-2-4-10;1-2/h7,9H,2-6H2,1H3;1-2H3. The molecule has 2 fully saturated rings. The first-order chi connectivity index (χ1) is 7.27. The van der Waals surface area contributed by atoms with Crippen molar-refractivity contribution in [3.05, 3.63) is 12.2 Å². The zero-order valence-corrected chi connectivity index (χ0v) is 10.0. The summed E-state index contributed by atoms with van der Waals surface area (Å²) in [5.74, 6) is 0.898. The Bertz CT molecular complexity index is 317. The third-order valence-electron chi connectivity index (χ3n) is 3.75. The molecule has 3 heteroatoms. The lowest BCUT2D eigenvalue weighted by atomic mass is 9.54. The molecule has 0 radical (unpaired) electrons. The van der Waals surface area contributed by atoms with Gasteiger partial charge in [-0.1, -0.05) is 20.3 Å². The quantitative estimate of drug-likeness (QED) is 0.708. The second-order valence-corrected chi connectivity index (χ2v) is 4.69. The van der Waals surface area contributed by atoms with Crippen LogP contribution in [-0.2, 0) is 0 Å². The summed E-state index contributed by atoms with van der Waals surface area (Å²) >= 11 is 0. The second kappa shape index (κ2) is 3.95. The molecule has 0 saturated heterocycles. The number of aromatic nitrogens is 3. The molecule has 1 aromatic rings. The Balaban J connectivity index is 0.000000404. The molecule has 0 aromatic carbocycles. The first kappa shape index (κ1) is 10.7. The van der Waals surface area contributed by atoms with E-state index in [9.17, 15) is 0 Å². The zero-order valence-electron chi connectivity index (χ0n) is 10.0. The van der Waals surface area contributed by atoms with Crippen LogP contribution in [0.15, 0.2) is 6.33 Å². The van der Waals surface area contributed by atoms with Gasteiger partial charge in [-0.15, -0.1) is 0 Å². The smallest absolute Gasteiger partial charge is 0.147 e. The Hall–Kier alpha value is -0.860. The highest BCUT2D eigenvalue weighted by molar-refractivity contribution is 5.01. The van der Waals surface area contributed by atoms with Gasteiger partial charge in [0.1, 0.15) is 12.2 Å². The van der Waals surface area contributed by atoms with E-state index >= 15 is 0 Å². The number of hydrogen-bond acceptors (Lipinski definition) is 2. The lowest BCUT2D eigenvalue weighted by molar-refractivity contribution is -0.0221. The van der Waals surface area contributed by atoms with E-state index in [0.29, 0.717) is 6.04 Å². The second-order valence-electron chi connectivity index (χ2n) is 4.69. The van der Waals surface area contributed by atoms with E-state index in [1.807, 2.05) is 27.1 Å². The third-order valence-corrected chi connectivity index (χ3v) is 3.75.